The summed E-state index contributed by atoms with van der Waals surface area (Å²) in [4.78, 5) is 0. The molecule has 0 radical (unpaired) electrons. The fourth-order valence-corrected chi connectivity index (χ4v) is 1.59. The topological polar surface area (TPSA) is 35.2 Å². The number of hydrogen-bond donors (Lipinski definition) is 1. The zero-order valence-electron chi connectivity index (χ0n) is 8.86. The summed E-state index contributed by atoms with van der Waals surface area (Å²) in [5.41, 5.74) is 6.56. The van der Waals surface area contributed by atoms with Crippen LogP contribution in [-0.2, 0) is 0 Å². The largest absolute Gasteiger partial charge is 0.490 e. The van der Waals surface area contributed by atoms with Gasteiger partial charge in [-0.3, -0.25) is 0 Å². The summed E-state index contributed by atoms with van der Waals surface area (Å²) in [5.74, 6) is 0.979. The number of ether oxygens (including phenoxy) is 1. The molecule has 0 spiro atoms. The zero-order valence-corrected chi connectivity index (χ0v) is 8.86. The molecule has 2 nitrogen and oxygen atoms in total. The normalized spacial score (nSPS) is 16.6. The summed E-state index contributed by atoms with van der Waals surface area (Å²) in [7, 11) is 0. The van der Waals surface area contributed by atoms with Gasteiger partial charge in [0.1, 0.15) is 5.75 Å². The SMILES string of the molecule is NC/C=C/c1ccccc1OC1CCC1. The molecule has 2 heteroatoms. The Balaban J connectivity index is 2.09. The van der Waals surface area contributed by atoms with Crippen molar-refractivity contribution in [2.24, 2.45) is 5.73 Å². The lowest BCUT2D eigenvalue weighted by atomic mass is 9.96. The maximum Gasteiger partial charge on any atom is 0.126 e. The van der Waals surface area contributed by atoms with Gasteiger partial charge in [-0.25, -0.2) is 0 Å². The highest BCUT2D eigenvalue weighted by Crippen LogP contribution is 2.27. The fourth-order valence-electron chi connectivity index (χ4n) is 1.59. The van der Waals surface area contributed by atoms with Crippen LogP contribution in [-0.4, -0.2) is 12.6 Å². The first-order valence-electron chi connectivity index (χ1n) is 5.52. The van der Waals surface area contributed by atoms with Crippen molar-refractivity contribution < 1.29 is 4.74 Å². The predicted octanol–water partition coefficient (Wildman–Crippen LogP) is 2.59. The number of rotatable bonds is 4. The third-order valence-electron chi connectivity index (χ3n) is 2.70. The number of benzene rings is 1. The summed E-state index contributed by atoms with van der Waals surface area (Å²) in [6.45, 7) is 0.567. The van der Waals surface area contributed by atoms with E-state index in [2.05, 4.69) is 6.07 Å². The average molecular weight is 203 g/mol. The Morgan fingerprint density at radius 2 is 2.13 bits per heavy atom. The van der Waals surface area contributed by atoms with E-state index in [1.165, 1.54) is 19.3 Å². The molecule has 15 heavy (non-hydrogen) atoms. The summed E-state index contributed by atoms with van der Waals surface area (Å²) < 4.78 is 5.89. The van der Waals surface area contributed by atoms with Crippen LogP contribution in [0.4, 0.5) is 0 Å². The van der Waals surface area contributed by atoms with Gasteiger partial charge < -0.3 is 10.5 Å². The Morgan fingerprint density at radius 3 is 2.80 bits per heavy atom. The molecule has 0 aliphatic heterocycles. The molecule has 0 saturated heterocycles. The fraction of sp³-hybridized carbons (Fsp3) is 0.385. The van der Waals surface area contributed by atoms with Gasteiger partial charge in [0, 0.05) is 12.1 Å². The lowest BCUT2D eigenvalue weighted by molar-refractivity contribution is 0.120. The van der Waals surface area contributed by atoms with Crippen molar-refractivity contribution in [1.82, 2.24) is 0 Å². The van der Waals surface area contributed by atoms with E-state index >= 15 is 0 Å². The van der Waals surface area contributed by atoms with Gasteiger partial charge in [0.15, 0.2) is 0 Å². The predicted molar refractivity (Wildman–Crippen MR) is 62.8 cm³/mol. The Labute approximate surface area is 90.7 Å². The van der Waals surface area contributed by atoms with Crippen molar-refractivity contribution in [1.29, 1.82) is 0 Å². The second-order valence-electron chi connectivity index (χ2n) is 3.85. The first kappa shape index (κ1) is 10.2. The minimum absolute atomic E-state index is 0.428. The summed E-state index contributed by atoms with van der Waals surface area (Å²) >= 11 is 0. The van der Waals surface area contributed by atoms with Crippen LogP contribution in [0.3, 0.4) is 0 Å². The number of hydrogen-bond acceptors (Lipinski definition) is 2. The smallest absolute Gasteiger partial charge is 0.126 e. The standard InChI is InChI=1S/C13H17NO/c14-10-4-6-11-5-1-2-9-13(11)15-12-7-3-8-12/h1-2,4-6,9,12H,3,7-8,10,14H2/b6-4+. The maximum atomic E-state index is 5.89. The second-order valence-corrected chi connectivity index (χ2v) is 3.85. The molecular weight excluding hydrogens is 186 g/mol. The molecule has 1 aromatic rings. The van der Waals surface area contributed by atoms with E-state index < -0.39 is 0 Å². The highest BCUT2D eigenvalue weighted by molar-refractivity contribution is 5.57. The van der Waals surface area contributed by atoms with Crippen molar-refractivity contribution in [3.05, 3.63) is 35.9 Å². The summed E-state index contributed by atoms with van der Waals surface area (Å²) in [6, 6.07) is 8.10. The monoisotopic (exact) mass is 203 g/mol. The minimum atomic E-state index is 0.428. The van der Waals surface area contributed by atoms with Gasteiger partial charge in [-0.2, -0.15) is 0 Å². The molecule has 1 saturated carbocycles. The van der Waals surface area contributed by atoms with Crippen molar-refractivity contribution in [2.45, 2.75) is 25.4 Å². The molecule has 0 heterocycles. The maximum absolute atomic E-state index is 5.89. The van der Waals surface area contributed by atoms with Crippen LogP contribution in [0.5, 0.6) is 5.75 Å². The van der Waals surface area contributed by atoms with Crippen molar-refractivity contribution in [2.75, 3.05) is 6.54 Å². The van der Waals surface area contributed by atoms with Gasteiger partial charge in [-0.1, -0.05) is 30.4 Å². The number of para-hydroxylation sites is 1. The van der Waals surface area contributed by atoms with Crippen molar-refractivity contribution in [3.8, 4) is 5.75 Å². The van der Waals surface area contributed by atoms with E-state index in [1.807, 2.05) is 30.4 Å². The number of nitrogens with two attached hydrogens (primary N) is 1. The molecule has 0 unspecified atom stereocenters. The molecule has 1 aromatic carbocycles. The highest BCUT2D eigenvalue weighted by atomic mass is 16.5. The van der Waals surface area contributed by atoms with Gasteiger partial charge in [0.25, 0.3) is 0 Å². The van der Waals surface area contributed by atoms with Gasteiger partial charge in [-0.05, 0) is 25.3 Å². The van der Waals surface area contributed by atoms with E-state index in [0.29, 0.717) is 12.6 Å². The van der Waals surface area contributed by atoms with Gasteiger partial charge in [0.2, 0.25) is 0 Å². The lowest BCUT2D eigenvalue weighted by Gasteiger charge is -2.27. The van der Waals surface area contributed by atoms with E-state index in [-0.39, 0.29) is 0 Å². The quantitative estimate of drug-likeness (QED) is 0.816. The van der Waals surface area contributed by atoms with Crippen molar-refractivity contribution in [3.63, 3.8) is 0 Å². The first-order chi connectivity index (χ1) is 7.40. The molecule has 1 aliphatic rings. The van der Waals surface area contributed by atoms with Crippen LogP contribution in [0, 0.1) is 0 Å². The molecule has 80 valence electrons. The van der Waals surface area contributed by atoms with Crippen LogP contribution in [0.25, 0.3) is 6.08 Å². The van der Waals surface area contributed by atoms with E-state index in [4.69, 9.17) is 10.5 Å². The molecule has 0 bridgehead atoms. The van der Waals surface area contributed by atoms with E-state index in [1.54, 1.807) is 0 Å². The third kappa shape index (κ3) is 2.60. The Kier molecular flexibility index (Phi) is 3.41. The van der Waals surface area contributed by atoms with Crippen LogP contribution >= 0.6 is 0 Å². The molecule has 2 rings (SSSR count). The molecule has 1 aliphatic carbocycles. The van der Waals surface area contributed by atoms with Crippen molar-refractivity contribution >= 4 is 6.08 Å². The van der Waals surface area contributed by atoms with Crippen LogP contribution in [0.2, 0.25) is 0 Å². The highest BCUT2D eigenvalue weighted by Gasteiger charge is 2.19. The van der Waals surface area contributed by atoms with E-state index in [0.717, 1.165) is 11.3 Å². The van der Waals surface area contributed by atoms with Gasteiger partial charge in [-0.15, -0.1) is 0 Å². The lowest BCUT2D eigenvalue weighted by Crippen LogP contribution is -2.24. The third-order valence-corrected chi connectivity index (χ3v) is 2.70. The van der Waals surface area contributed by atoms with Gasteiger partial charge >= 0.3 is 0 Å². The van der Waals surface area contributed by atoms with Crippen LogP contribution < -0.4 is 10.5 Å². The minimum Gasteiger partial charge on any atom is -0.490 e. The molecule has 0 aromatic heterocycles. The first-order valence-corrected chi connectivity index (χ1v) is 5.52. The van der Waals surface area contributed by atoms with Gasteiger partial charge in [0.05, 0.1) is 6.10 Å². The Hall–Kier alpha value is -1.28. The van der Waals surface area contributed by atoms with E-state index in [9.17, 15) is 0 Å². The summed E-state index contributed by atoms with van der Waals surface area (Å²) in [6.07, 6.45) is 8.07. The zero-order chi connectivity index (χ0) is 10.5. The van der Waals surface area contributed by atoms with Crippen LogP contribution in [0.1, 0.15) is 24.8 Å². The summed E-state index contributed by atoms with van der Waals surface area (Å²) in [5, 5.41) is 0. The Morgan fingerprint density at radius 1 is 1.33 bits per heavy atom. The average Bonchev–Trinajstić information content (AvgIpc) is 2.22. The molecule has 2 N–H and O–H groups in total. The molecule has 0 atom stereocenters. The molecular formula is C13H17NO. The molecule has 0 amide bonds. The Bertz CT molecular complexity index is 342. The second kappa shape index (κ2) is 4.99. The van der Waals surface area contributed by atoms with Crippen LogP contribution in [0.15, 0.2) is 30.3 Å². The molecule has 1 fully saturated rings.